The first-order valence-electron chi connectivity index (χ1n) is 17.6. The van der Waals surface area contributed by atoms with Crippen LogP contribution in [0.5, 0.6) is 5.75 Å². The standard InChI is InChI=1S/C40H53FO8/c1-6-7-8-9-10-11-12-15-31-18-19-32(24-36(31)41)35-22-33(16-13-20-45-38(42)28(2)3)37(47-25-30-26-48-40(44)49-27-30)34(23-35)17-14-21-46-39(43)29(4)5/h18-19,22-24,30H,2,4,6-17,20-21,25-27H2,1,3,5H3. The molecule has 0 atom stereocenters. The summed E-state index contributed by atoms with van der Waals surface area (Å²) >= 11 is 0. The molecule has 3 rings (SSSR count). The summed E-state index contributed by atoms with van der Waals surface area (Å²) in [5.41, 5.74) is 4.66. The van der Waals surface area contributed by atoms with Crippen molar-refractivity contribution in [3.63, 3.8) is 0 Å². The molecule has 268 valence electrons. The van der Waals surface area contributed by atoms with E-state index in [2.05, 4.69) is 20.1 Å². The molecule has 0 aliphatic carbocycles. The van der Waals surface area contributed by atoms with Crippen molar-refractivity contribution in [3.05, 3.63) is 77.1 Å². The summed E-state index contributed by atoms with van der Waals surface area (Å²) in [5.74, 6) is -0.640. The van der Waals surface area contributed by atoms with Crippen LogP contribution in [0, 0.1) is 11.7 Å². The topological polar surface area (TPSA) is 97.4 Å². The number of cyclic esters (lactones) is 2. The van der Waals surface area contributed by atoms with Crippen molar-refractivity contribution in [1.82, 2.24) is 0 Å². The molecule has 9 heteroatoms. The summed E-state index contributed by atoms with van der Waals surface area (Å²) in [7, 11) is 0. The minimum Gasteiger partial charge on any atom is -0.492 e. The molecule has 0 amide bonds. The van der Waals surface area contributed by atoms with Crippen LogP contribution in [0.25, 0.3) is 11.1 Å². The van der Waals surface area contributed by atoms with Crippen molar-refractivity contribution in [2.75, 3.05) is 33.0 Å². The smallest absolute Gasteiger partial charge is 0.492 e. The largest absolute Gasteiger partial charge is 0.508 e. The van der Waals surface area contributed by atoms with Crippen LogP contribution in [0.4, 0.5) is 9.18 Å². The van der Waals surface area contributed by atoms with Gasteiger partial charge in [-0.15, -0.1) is 0 Å². The number of unbranched alkanes of at least 4 members (excludes halogenated alkanes) is 6. The zero-order chi connectivity index (χ0) is 35.6. The van der Waals surface area contributed by atoms with Gasteiger partial charge in [0, 0.05) is 11.1 Å². The number of hydrogen-bond donors (Lipinski definition) is 0. The van der Waals surface area contributed by atoms with Gasteiger partial charge >= 0.3 is 18.1 Å². The summed E-state index contributed by atoms with van der Waals surface area (Å²) in [6, 6.07) is 9.41. The number of benzene rings is 2. The third-order valence-corrected chi connectivity index (χ3v) is 8.36. The Morgan fingerprint density at radius 3 is 1.82 bits per heavy atom. The molecule has 0 N–H and O–H groups in total. The molecular weight excluding hydrogens is 627 g/mol. The van der Waals surface area contributed by atoms with Crippen LogP contribution in [-0.4, -0.2) is 51.1 Å². The van der Waals surface area contributed by atoms with Crippen molar-refractivity contribution in [2.24, 2.45) is 5.92 Å². The van der Waals surface area contributed by atoms with Crippen molar-refractivity contribution >= 4 is 18.1 Å². The summed E-state index contributed by atoms with van der Waals surface area (Å²) in [6.45, 7) is 13.7. The van der Waals surface area contributed by atoms with Crippen LogP contribution in [-0.2, 0) is 47.8 Å². The molecule has 1 aliphatic heterocycles. The Morgan fingerprint density at radius 1 is 0.755 bits per heavy atom. The van der Waals surface area contributed by atoms with Gasteiger partial charge in [-0.25, -0.2) is 18.8 Å². The molecule has 8 nitrogen and oxygen atoms in total. The van der Waals surface area contributed by atoms with Crippen molar-refractivity contribution in [3.8, 4) is 16.9 Å². The van der Waals surface area contributed by atoms with E-state index in [0.29, 0.717) is 54.6 Å². The van der Waals surface area contributed by atoms with E-state index < -0.39 is 18.1 Å². The van der Waals surface area contributed by atoms with E-state index in [1.54, 1.807) is 19.9 Å². The molecule has 0 radical (unpaired) electrons. The molecule has 2 aromatic rings. The Morgan fingerprint density at radius 2 is 1.29 bits per heavy atom. The predicted octanol–water partition coefficient (Wildman–Crippen LogP) is 9.05. The molecule has 0 bridgehead atoms. The number of esters is 2. The van der Waals surface area contributed by atoms with E-state index in [9.17, 15) is 14.4 Å². The normalized spacial score (nSPS) is 12.9. The van der Waals surface area contributed by atoms with E-state index in [-0.39, 0.29) is 44.8 Å². The first-order valence-corrected chi connectivity index (χ1v) is 17.6. The molecule has 49 heavy (non-hydrogen) atoms. The van der Waals surface area contributed by atoms with Crippen LogP contribution in [0.15, 0.2) is 54.6 Å². The first-order chi connectivity index (χ1) is 23.6. The summed E-state index contributed by atoms with van der Waals surface area (Å²) < 4.78 is 42.6. The van der Waals surface area contributed by atoms with E-state index in [1.807, 2.05) is 24.3 Å². The van der Waals surface area contributed by atoms with E-state index in [1.165, 1.54) is 32.1 Å². The number of hydrogen-bond acceptors (Lipinski definition) is 8. The SMILES string of the molecule is C=C(C)C(=O)OCCCc1cc(-c2ccc(CCCCCCCCC)c(F)c2)cc(CCCOC(=O)C(=C)C)c1OCC1COC(=O)OC1. The second-order valence-corrected chi connectivity index (χ2v) is 12.9. The van der Waals surface area contributed by atoms with Crippen LogP contribution >= 0.6 is 0 Å². The minimum absolute atomic E-state index is 0.163. The number of ether oxygens (including phenoxy) is 5. The minimum atomic E-state index is -0.698. The highest BCUT2D eigenvalue weighted by molar-refractivity contribution is 5.87. The average molecular weight is 681 g/mol. The number of rotatable bonds is 22. The Kier molecular flexibility index (Phi) is 16.9. The third-order valence-electron chi connectivity index (χ3n) is 8.36. The number of aryl methyl sites for hydroxylation is 3. The van der Waals surface area contributed by atoms with Gasteiger partial charge in [-0.05, 0) is 98.4 Å². The molecule has 0 unspecified atom stereocenters. The Balaban J connectivity index is 1.86. The highest BCUT2D eigenvalue weighted by Crippen LogP contribution is 2.34. The molecule has 1 aliphatic rings. The maximum absolute atomic E-state index is 15.4. The summed E-state index contributed by atoms with van der Waals surface area (Å²) in [4.78, 5) is 35.3. The second-order valence-electron chi connectivity index (χ2n) is 12.9. The summed E-state index contributed by atoms with van der Waals surface area (Å²) in [5, 5.41) is 0. The maximum Gasteiger partial charge on any atom is 0.508 e. The zero-order valence-electron chi connectivity index (χ0n) is 29.5. The fourth-order valence-electron chi connectivity index (χ4n) is 5.54. The van der Waals surface area contributed by atoms with Crippen LogP contribution in [0.3, 0.4) is 0 Å². The van der Waals surface area contributed by atoms with Gasteiger partial charge in [-0.1, -0.05) is 70.7 Å². The van der Waals surface area contributed by atoms with Crippen LogP contribution < -0.4 is 4.74 Å². The molecule has 1 heterocycles. The van der Waals surface area contributed by atoms with Crippen molar-refractivity contribution in [2.45, 2.75) is 97.8 Å². The van der Waals surface area contributed by atoms with Gasteiger partial charge in [0.2, 0.25) is 0 Å². The highest BCUT2D eigenvalue weighted by Gasteiger charge is 2.23. The number of carbonyl (C=O) groups excluding carboxylic acids is 3. The predicted molar refractivity (Wildman–Crippen MR) is 188 cm³/mol. The van der Waals surface area contributed by atoms with E-state index in [4.69, 9.17) is 23.7 Å². The monoisotopic (exact) mass is 680 g/mol. The van der Waals surface area contributed by atoms with Gasteiger partial charge in [0.25, 0.3) is 0 Å². The molecule has 2 aromatic carbocycles. The van der Waals surface area contributed by atoms with E-state index >= 15 is 4.39 Å². The highest BCUT2D eigenvalue weighted by atomic mass is 19.1. The first kappa shape index (κ1) is 39.3. The Labute approximate surface area is 291 Å². The fraction of sp³-hybridized carbons (Fsp3) is 0.525. The van der Waals surface area contributed by atoms with Crippen LogP contribution in [0.1, 0.15) is 95.2 Å². The fourth-order valence-corrected chi connectivity index (χ4v) is 5.54. The number of carbonyl (C=O) groups is 3. The molecule has 0 spiro atoms. The lowest BCUT2D eigenvalue weighted by Gasteiger charge is -2.24. The maximum atomic E-state index is 15.4. The lowest BCUT2D eigenvalue weighted by molar-refractivity contribution is -0.139. The number of halogens is 1. The quantitative estimate of drug-likeness (QED) is 0.0526. The molecule has 0 saturated carbocycles. The van der Waals surface area contributed by atoms with E-state index in [0.717, 1.165) is 35.1 Å². The average Bonchev–Trinajstić information content (AvgIpc) is 3.08. The lowest BCUT2D eigenvalue weighted by Crippen LogP contribution is -2.31. The van der Waals surface area contributed by atoms with Crippen molar-refractivity contribution in [1.29, 1.82) is 0 Å². The molecular formula is C40H53FO8. The lowest BCUT2D eigenvalue weighted by atomic mass is 9.93. The Bertz CT molecular complexity index is 1370. The van der Waals surface area contributed by atoms with Gasteiger partial charge in [0.15, 0.2) is 0 Å². The molecule has 1 fully saturated rings. The van der Waals surface area contributed by atoms with Crippen molar-refractivity contribution < 1.29 is 42.5 Å². The second kappa shape index (κ2) is 21.1. The van der Waals surface area contributed by atoms with Gasteiger partial charge in [0.1, 0.15) is 24.8 Å². The van der Waals surface area contributed by atoms with Crippen LogP contribution in [0.2, 0.25) is 0 Å². The van der Waals surface area contributed by atoms with Gasteiger partial charge in [0.05, 0.1) is 25.7 Å². The Hall–Kier alpha value is -4.14. The molecule has 0 aromatic heterocycles. The van der Waals surface area contributed by atoms with Gasteiger partial charge in [-0.3, -0.25) is 0 Å². The summed E-state index contributed by atoms with van der Waals surface area (Å²) in [6.07, 6.45) is 10.3. The zero-order valence-corrected chi connectivity index (χ0v) is 29.5. The van der Waals surface area contributed by atoms with Gasteiger partial charge < -0.3 is 23.7 Å². The van der Waals surface area contributed by atoms with Gasteiger partial charge in [-0.2, -0.15) is 0 Å². The third kappa shape index (κ3) is 13.7. The molecule has 1 saturated heterocycles.